The molecule has 8 heteroatoms. The zero-order valence-corrected chi connectivity index (χ0v) is 12.3. The molecule has 0 aromatic carbocycles. The Morgan fingerprint density at radius 1 is 1.38 bits per heavy atom. The lowest BCUT2D eigenvalue weighted by atomic mass is 10.2. The summed E-state index contributed by atoms with van der Waals surface area (Å²) >= 11 is 11.4. The Labute approximate surface area is 129 Å². The number of aromatic carboxylic acids is 1. The van der Waals surface area contributed by atoms with Crippen molar-refractivity contribution in [1.82, 2.24) is 10.3 Å². The molecule has 0 spiro atoms. The Morgan fingerprint density at radius 2 is 2.10 bits per heavy atom. The van der Waals surface area contributed by atoms with Gasteiger partial charge in [0, 0.05) is 6.20 Å². The van der Waals surface area contributed by atoms with E-state index < -0.39 is 11.9 Å². The highest BCUT2D eigenvalue weighted by molar-refractivity contribution is 6.41. The van der Waals surface area contributed by atoms with Crippen molar-refractivity contribution < 1.29 is 19.1 Å². The van der Waals surface area contributed by atoms with E-state index in [1.807, 2.05) is 0 Å². The van der Waals surface area contributed by atoms with Gasteiger partial charge in [-0.1, -0.05) is 23.2 Å². The van der Waals surface area contributed by atoms with Gasteiger partial charge in [-0.25, -0.2) is 9.78 Å². The van der Waals surface area contributed by atoms with Gasteiger partial charge in [-0.15, -0.1) is 0 Å². The van der Waals surface area contributed by atoms with Crippen LogP contribution in [0.3, 0.4) is 0 Å². The Bertz CT molecular complexity index is 712. The van der Waals surface area contributed by atoms with Gasteiger partial charge in [0.15, 0.2) is 0 Å². The fourth-order valence-corrected chi connectivity index (χ4v) is 1.93. The molecule has 2 heterocycles. The molecule has 2 aromatic rings. The number of rotatable bonds is 4. The first kappa shape index (κ1) is 15.3. The van der Waals surface area contributed by atoms with E-state index in [4.69, 9.17) is 32.7 Å². The lowest BCUT2D eigenvalue weighted by Gasteiger charge is -2.04. The van der Waals surface area contributed by atoms with Crippen molar-refractivity contribution in [3.63, 3.8) is 0 Å². The Hall–Kier alpha value is -2.05. The van der Waals surface area contributed by atoms with Crippen molar-refractivity contribution >= 4 is 35.1 Å². The van der Waals surface area contributed by atoms with Gasteiger partial charge in [0.25, 0.3) is 5.91 Å². The average Bonchev–Trinajstić information content (AvgIpc) is 2.80. The molecule has 0 fully saturated rings. The van der Waals surface area contributed by atoms with Crippen molar-refractivity contribution in [2.75, 3.05) is 0 Å². The maximum atomic E-state index is 11.9. The molecule has 0 aliphatic heterocycles. The largest absolute Gasteiger partial charge is 0.478 e. The third-order valence-electron chi connectivity index (χ3n) is 2.68. The van der Waals surface area contributed by atoms with Crippen LogP contribution in [0.15, 0.2) is 22.7 Å². The predicted molar refractivity (Wildman–Crippen MR) is 75.8 cm³/mol. The lowest BCUT2D eigenvalue weighted by molar-refractivity contribution is 0.0694. The standard InChI is InChI=1S/C13H10Cl2N2O4/c1-6-9(13(19)20)3-8(21-6)5-17-12(18)7-2-10(14)11(15)16-4-7/h2-4H,5H2,1H3,(H,17,18)(H,19,20). The third-order valence-corrected chi connectivity index (χ3v) is 3.37. The number of nitrogens with one attached hydrogen (secondary N) is 1. The van der Waals surface area contributed by atoms with Crippen LogP contribution in [-0.2, 0) is 6.54 Å². The monoisotopic (exact) mass is 328 g/mol. The van der Waals surface area contributed by atoms with E-state index >= 15 is 0 Å². The van der Waals surface area contributed by atoms with Crippen molar-refractivity contribution in [1.29, 1.82) is 0 Å². The minimum Gasteiger partial charge on any atom is -0.478 e. The molecule has 0 unspecified atom stereocenters. The highest BCUT2D eigenvalue weighted by Crippen LogP contribution is 2.20. The van der Waals surface area contributed by atoms with Gasteiger partial charge in [-0.3, -0.25) is 4.79 Å². The summed E-state index contributed by atoms with van der Waals surface area (Å²) in [6.45, 7) is 1.59. The summed E-state index contributed by atoms with van der Waals surface area (Å²) in [5.74, 6) is -0.885. The Kier molecular flexibility index (Phi) is 4.50. The molecule has 0 atom stereocenters. The topological polar surface area (TPSA) is 92.4 Å². The van der Waals surface area contributed by atoms with Gasteiger partial charge >= 0.3 is 5.97 Å². The fraction of sp³-hybridized carbons (Fsp3) is 0.154. The number of carbonyl (C=O) groups is 2. The summed E-state index contributed by atoms with van der Waals surface area (Å²) in [6.07, 6.45) is 1.29. The fourth-order valence-electron chi connectivity index (χ4n) is 1.66. The second kappa shape index (κ2) is 6.15. The molecule has 110 valence electrons. The molecule has 2 rings (SSSR count). The number of halogens is 2. The predicted octanol–water partition coefficient (Wildman–Crippen LogP) is 2.92. The molecule has 0 aliphatic carbocycles. The number of hydrogen-bond acceptors (Lipinski definition) is 4. The van der Waals surface area contributed by atoms with Crippen LogP contribution in [0.4, 0.5) is 0 Å². The van der Waals surface area contributed by atoms with E-state index in [0.29, 0.717) is 5.76 Å². The van der Waals surface area contributed by atoms with Gasteiger partial charge in [-0.2, -0.15) is 0 Å². The second-order valence-corrected chi connectivity index (χ2v) is 4.93. The van der Waals surface area contributed by atoms with Gasteiger partial charge in [-0.05, 0) is 19.1 Å². The molecule has 0 radical (unpaired) electrons. The van der Waals surface area contributed by atoms with E-state index in [1.54, 1.807) is 0 Å². The van der Waals surface area contributed by atoms with Gasteiger partial charge in [0.05, 0.1) is 17.1 Å². The van der Waals surface area contributed by atoms with Crippen LogP contribution in [0, 0.1) is 6.92 Å². The van der Waals surface area contributed by atoms with Crippen LogP contribution in [-0.4, -0.2) is 22.0 Å². The Balaban J connectivity index is 2.05. The molecule has 2 aromatic heterocycles. The maximum Gasteiger partial charge on any atom is 0.339 e. The van der Waals surface area contributed by atoms with Crippen LogP contribution < -0.4 is 5.32 Å². The summed E-state index contributed by atoms with van der Waals surface area (Å²) in [6, 6.07) is 2.76. The molecule has 1 amide bonds. The summed E-state index contributed by atoms with van der Waals surface area (Å²) in [5, 5.41) is 11.8. The molecular weight excluding hydrogens is 319 g/mol. The summed E-state index contributed by atoms with van der Waals surface area (Å²) < 4.78 is 5.25. The van der Waals surface area contributed by atoms with Crippen LogP contribution in [0.2, 0.25) is 10.2 Å². The molecule has 21 heavy (non-hydrogen) atoms. The number of furan rings is 1. The minimum absolute atomic E-state index is 0.0488. The molecule has 0 bridgehead atoms. The smallest absolute Gasteiger partial charge is 0.339 e. The third kappa shape index (κ3) is 3.53. The van der Waals surface area contributed by atoms with Gasteiger partial charge in [0.1, 0.15) is 22.2 Å². The Morgan fingerprint density at radius 3 is 2.67 bits per heavy atom. The average molecular weight is 329 g/mol. The number of amides is 1. The molecule has 6 nitrogen and oxygen atoms in total. The highest BCUT2D eigenvalue weighted by atomic mass is 35.5. The second-order valence-electron chi connectivity index (χ2n) is 4.17. The molecular formula is C13H10Cl2N2O4. The van der Waals surface area contributed by atoms with E-state index in [9.17, 15) is 9.59 Å². The number of carbonyl (C=O) groups excluding carboxylic acids is 1. The van der Waals surface area contributed by atoms with E-state index in [1.165, 1.54) is 25.3 Å². The van der Waals surface area contributed by atoms with Crippen molar-refractivity contribution in [2.45, 2.75) is 13.5 Å². The first-order chi connectivity index (χ1) is 9.88. The van der Waals surface area contributed by atoms with Crippen LogP contribution >= 0.6 is 23.2 Å². The summed E-state index contributed by atoms with van der Waals surface area (Å²) in [4.78, 5) is 26.5. The summed E-state index contributed by atoms with van der Waals surface area (Å²) in [5.41, 5.74) is 0.307. The van der Waals surface area contributed by atoms with Gasteiger partial charge < -0.3 is 14.8 Å². The number of pyridine rings is 1. The SMILES string of the molecule is Cc1oc(CNC(=O)c2cnc(Cl)c(Cl)c2)cc1C(=O)O. The highest BCUT2D eigenvalue weighted by Gasteiger charge is 2.15. The van der Waals surface area contributed by atoms with E-state index in [0.717, 1.165) is 0 Å². The zero-order chi connectivity index (χ0) is 15.6. The first-order valence-corrected chi connectivity index (χ1v) is 6.56. The van der Waals surface area contributed by atoms with Crippen LogP contribution in [0.5, 0.6) is 0 Å². The zero-order valence-electron chi connectivity index (χ0n) is 10.8. The number of carboxylic acid groups (broad SMARTS) is 1. The first-order valence-electron chi connectivity index (χ1n) is 5.80. The van der Waals surface area contributed by atoms with Crippen LogP contribution in [0.1, 0.15) is 32.2 Å². The van der Waals surface area contributed by atoms with Gasteiger partial charge in [0.2, 0.25) is 0 Å². The number of hydrogen-bond donors (Lipinski definition) is 2. The minimum atomic E-state index is -1.08. The number of carboxylic acids is 1. The van der Waals surface area contributed by atoms with Crippen molar-refractivity contribution in [3.8, 4) is 0 Å². The molecule has 0 aliphatic rings. The summed E-state index contributed by atoms with van der Waals surface area (Å²) in [7, 11) is 0. The van der Waals surface area contributed by atoms with E-state index in [-0.39, 0.29) is 33.6 Å². The normalized spacial score (nSPS) is 10.4. The quantitative estimate of drug-likeness (QED) is 0.842. The number of aromatic nitrogens is 1. The van der Waals surface area contributed by atoms with E-state index in [2.05, 4.69) is 10.3 Å². The van der Waals surface area contributed by atoms with Crippen molar-refractivity contribution in [3.05, 3.63) is 51.2 Å². The number of nitrogens with zero attached hydrogens (tertiary/aromatic N) is 1. The lowest BCUT2D eigenvalue weighted by Crippen LogP contribution is -2.22. The van der Waals surface area contributed by atoms with Crippen molar-refractivity contribution in [2.24, 2.45) is 0 Å². The molecule has 0 saturated heterocycles. The number of aryl methyl sites for hydroxylation is 1. The molecule has 0 saturated carbocycles. The molecule has 2 N–H and O–H groups in total. The van der Waals surface area contributed by atoms with Crippen LogP contribution in [0.25, 0.3) is 0 Å². The maximum absolute atomic E-state index is 11.9.